The number of esters is 1. The number of methoxy groups -OCH3 is 1. The molecule has 0 N–H and O–H groups in total. The molecule has 0 aromatic carbocycles. The average molecular weight is 213 g/mol. The molecule has 0 aliphatic heterocycles. The van der Waals surface area contributed by atoms with Gasteiger partial charge in [0.05, 0.1) is 12.5 Å². The Labute approximate surface area is 92.8 Å². The smallest absolute Gasteiger partial charge is 0.313 e. The van der Waals surface area contributed by atoms with E-state index in [1.165, 1.54) is 7.11 Å². The minimum Gasteiger partial charge on any atom is -0.469 e. The van der Waals surface area contributed by atoms with Crippen LogP contribution in [-0.2, 0) is 9.53 Å². The molecule has 1 aliphatic rings. The van der Waals surface area contributed by atoms with E-state index in [-0.39, 0.29) is 11.4 Å². The van der Waals surface area contributed by atoms with Crippen LogP contribution >= 0.6 is 0 Å². The summed E-state index contributed by atoms with van der Waals surface area (Å²) in [7, 11) is 1.48. The van der Waals surface area contributed by atoms with E-state index in [1.54, 1.807) is 0 Å². The maximum Gasteiger partial charge on any atom is 0.313 e. The van der Waals surface area contributed by atoms with Crippen molar-refractivity contribution < 1.29 is 9.53 Å². The van der Waals surface area contributed by atoms with Crippen LogP contribution in [0.3, 0.4) is 0 Å². The van der Waals surface area contributed by atoms with Crippen molar-refractivity contribution in [3.8, 4) is 0 Å². The second-order valence-corrected chi connectivity index (χ2v) is 5.13. The summed E-state index contributed by atoms with van der Waals surface area (Å²) in [5, 5.41) is 0. The number of hydrogen-bond donors (Lipinski definition) is 0. The fraction of sp³-hybridized carbons (Fsp3) is 0.917. The highest BCUT2D eigenvalue weighted by molar-refractivity contribution is 5.80. The Morgan fingerprint density at radius 3 is 2.00 bits per heavy atom. The van der Waals surface area contributed by atoms with Gasteiger partial charge in [0.2, 0.25) is 0 Å². The van der Waals surface area contributed by atoms with Gasteiger partial charge in [0.1, 0.15) is 0 Å². The molecule has 0 heterocycles. The van der Waals surface area contributed by atoms with Crippen LogP contribution in [0.4, 0.5) is 0 Å². The highest BCUT2D eigenvalue weighted by Gasteiger charge is 2.52. The van der Waals surface area contributed by atoms with E-state index in [0.29, 0.717) is 12.1 Å². The molecule has 1 fully saturated rings. The first-order valence-electron chi connectivity index (χ1n) is 5.77. The Morgan fingerprint density at radius 1 is 1.27 bits per heavy atom. The number of ether oxygens (including phenoxy) is 1. The predicted octanol–water partition coefficient (Wildman–Crippen LogP) is 2.06. The fourth-order valence-electron chi connectivity index (χ4n) is 2.11. The molecule has 0 saturated heterocycles. The van der Waals surface area contributed by atoms with Gasteiger partial charge in [0.15, 0.2) is 0 Å². The van der Waals surface area contributed by atoms with Gasteiger partial charge in [0, 0.05) is 18.6 Å². The summed E-state index contributed by atoms with van der Waals surface area (Å²) in [5.41, 5.74) is -0.191. The molecule has 0 atom stereocenters. The summed E-state index contributed by atoms with van der Waals surface area (Å²) in [6.45, 7) is 9.54. The van der Waals surface area contributed by atoms with Gasteiger partial charge >= 0.3 is 5.97 Å². The van der Waals surface area contributed by atoms with Gasteiger partial charge in [0.25, 0.3) is 0 Å². The lowest BCUT2D eigenvalue weighted by Crippen LogP contribution is -2.43. The van der Waals surface area contributed by atoms with Crippen LogP contribution in [0.15, 0.2) is 0 Å². The second-order valence-electron chi connectivity index (χ2n) is 5.13. The van der Waals surface area contributed by atoms with E-state index in [9.17, 15) is 4.79 Å². The van der Waals surface area contributed by atoms with E-state index in [1.807, 2.05) is 0 Å². The number of nitrogens with zero attached hydrogens (tertiary/aromatic N) is 1. The molecule has 1 aliphatic carbocycles. The van der Waals surface area contributed by atoms with Crippen LogP contribution in [0, 0.1) is 5.41 Å². The average Bonchev–Trinajstić information content (AvgIpc) is 2.93. The van der Waals surface area contributed by atoms with Gasteiger partial charge in [-0.05, 0) is 40.5 Å². The van der Waals surface area contributed by atoms with Crippen molar-refractivity contribution >= 4 is 5.97 Å². The lowest BCUT2D eigenvalue weighted by molar-refractivity contribution is -0.148. The SMILES string of the molecule is COC(=O)C1(CN(C(C)C)C(C)C)CC1. The Bertz CT molecular complexity index is 224. The van der Waals surface area contributed by atoms with Crippen LogP contribution in [0.25, 0.3) is 0 Å². The van der Waals surface area contributed by atoms with Gasteiger partial charge in [-0.2, -0.15) is 0 Å². The van der Waals surface area contributed by atoms with Gasteiger partial charge in [-0.15, -0.1) is 0 Å². The molecule has 0 unspecified atom stereocenters. The van der Waals surface area contributed by atoms with Crippen LogP contribution in [0.5, 0.6) is 0 Å². The standard InChI is InChI=1S/C12H23NO2/c1-9(2)13(10(3)4)8-12(6-7-12)11(14)15-5/h9-10H,6-8H2,1-5H3. The first kappa shape index (κ1) is 12.5. The Morgan fingerprint density at radius 2 is 1.73 bits per heavy atom. The Kier molecular flexibility index (Phi) is 3.77. The molecular weight excluding hydrogens is 190 g/mol. The first-order valence-corrected chi connectivity index (χ1v) is 5.77. The molecule has 0 aromatic rings. The van der Waals surface area contributed by atoms with Crippen molar-refractivity contribution in [3.63, 3.8) is 0 Å². The number of hydrogen-bond acceptors (Lipinski definition) is 3. The van der Waals surface area contributed by atoms with Crippen molar-refractivity contribution in [2.45, 2.75) is 52.6 Å². The van der Waals surface area contributed by atoms with Crippen LogP contribution in [0.1, 0.15) is 40.5 Å². The van der Waals surface area contributed by atoms with E-state index in [0.717, 1.165) is 19.4 Å². The Hall–Kier alpha value is -0.570. The van der Waals surface area contributed by atoms with Crippen molar-refractivity contribution in [1.29, 1.82) is 0 Å². The minimum atomic E-state index is -0.191. The summed E-state index contributed by atoms with van der Waals surface area (Å²) in [5.74, 6) is -0.0335. The van der Waals surface area contributed by atoms with E-state index >= 15 is 0 Å². The lowest BCUT2D eigenvalue weighted by atomic mass is 10.0. The Balaban J connectivity index is 2.62. The van der Waals surface area contributed by atoms with Gasteiger partial charge in [-0.1, -0.05) is 0 Å². The molecule has 0 spiro atoms. The zero-order valence-corrected chi connectivity index (χ0v) is 10.5. The largest absolute Gasteiger partial charge is 0.469 e. The van der Waals surface area contributed by atoms with Crippen LogP contribution in [0.2, 0.25) is 0 Å². The maximum absolute atomic E-state index is 11.6. The third-order valence-electron chi connectivity index (χ3n) is 3.28. The van der Waals surface area contributed by atoms with Gasteiger partial charge in [-0.25, -0.2) is 0 Å². The maximum atomic E-state index is 11.6. The highest BCUT2D eigenvalue weighted by Crippen LogP contribution is 2.47. The van der Waals surface area contributed by atoms with Gasteiger partial charge in [-0.3, -0.25) is 9.69 Å². The molecule has 0 bridgehead atoms. The second kappa shape index (κ2) is 4.52. The van der Waals surface area contributed by atoms with Crippen molar-refractivity contribution in [3.05, 3.63) is 0 Å². The van der Waals surface area contributed by atoms with E-state index in [2.05, 4.69) is 32.6 Å². The van der Waals surface area contributed by atoms with E-state index < -0.39 is 0 Å². The quantitative estimate of drug-likeness (QED) is 0.655. The molecule has 0 radical (unpaired) electrons. The van der Waals surface area contributed by atoms with Crippen molar-refractivity contribution in [2.24, 2.45) is 5.41 Å². The molecule has 3 heteroatoms. The summed E-state index contributed by atoms with van der Waals surface area (Å²) in [6, 6.07) is 0.958. The van der Waals surface area contributed by atoms with Gasteiger partial charge < -0.3 is 4.74 Å². The third-order valence-corrected chi connectivity index (χ3v) is 3.28. The number of carbonyl (C=O) groups excluding carboxylic acids is 1. The summed E-state index contributed by atoms with van der Waals surface area (Å²) in [4.78, 5) is 14.0. The third kappa shape index (κ3) is 2.71. The molecule has 1 rings (SSSR count). The van der Waals surface area contributed by atoms with Crippen LogP contribution in [-0.4, -0.2) is 36.6 Å². The summed E-state index contributed by atoms with van der Waals surface area (Å²) < 4.78 is 4.87. The zero-order chi connectivity index (χ0) is 11.6. The molecular formula is C12H23NO2. The fourth-order valence-corrected chi connectivity index (χ4v) is 2.11. The normalized spacial score (nSPS) is 18.7. The first-order chi connectivity index (χ1) is 6.93. The summed E-state index contributed by atoms with van der Waals surface area (Å²) >= 11 is 0. The number of carbonyl (C=O) groups is 1. The summed E-state index contributed by atoms with van der Waals surface area (Å²) in [6.07, 6.45) is 1.96. The molecule has 1 saturated carbocycles. The monoisotopic (exact) mass is 213 g/mol. The zero-order valence-electron chi connectivity index (χ0n) is 10.5. The molecule has 88 valence electrons. The van der Waals surface area contributed by atoms with Crippen molar-refractivity contribution in [2.75, 3.05) is 13.7 Å². The molecule has 3 nitrogen and oxygen atoms in total. The molecule has 15 heavy (non-hydrogen) atoms. The highest BCUT2D eigenvalue weighted by atomic mass is 16.5. The molecule has 0 amide bonds. The molecule has 0 aromatic heterocycles. The minimum absolute atomic E-state index is 0.0335. The predicted molar refractivity (Wildman–Crippen MR) is 60.7 cm³/mol. The topological polar surface area (TPSA) is 29.5 Å². The number of rotatable bonds is 5. The van der Waals surface area contributed by atoms with E-state index in [4.69, 9.17) is 4.74 Å². The van der Waals surface area contributed by atoms with Crippen LogP contribution < -0.4 is 0 Å². The lowest BCUT2D eigenvalue weighted by Gasteiger charge is -2.33. The van der Waals surface area contributed by atoms with Crippen molar-refractivity contribution in [1.82, 2.24) is 4.90 Å².